The molecule has 1 fully saturated rings. The number of benzene rings is 3. The second kappa shape index (κ2) is 11.0. The highest BCUT2D eigenvalue weighted by Crippen LogP contribution is 2.35. The Bertz CT molecular complexity index is 1360. The first-order valence-corrected chi connectivity index (χ1v) is 12.1. The monoisotopic (exact) mass is 499 g/mol. The van der Waals surface area contributed by atoms with Crippen molar-refractivity contribution in [2.75, 3.05) is 50.6 Å². The number of carbonyl (C=O) groups excluding carboxylic acids is 1. The maximum absolute atomic E-state index is 13.0. The van der Waals surface area contributed by atoms with Gasteiger partial charge in [-0.3, -0.25) is 0 Å². The Hall–Kier alpha value is -4.53. The number of nitrogens with zero attached hydrogens (tertiary/aromatic N) is 4. The van der Waals surface area contributed by atoms with Crippen molar-refractivity contribution < 1.29 is 19.0 Å². The number of amides is 2. The van der Waals surface area contributed by atoms with Crippen molar-refractivity contribution in [1.82, 2.24) is 14.9 Å². The van der Waals surface area contributed by atoms with Crippen molar-refractivity contribution in [2.45, 2.75) is 6.42 Å². The smallest absolute Gasteiger partial charge is 0.321 e. The summed E-state index contributed by atoms with van der Waals surface area (Å²) >= 11 is 0. The van der Waals surface area contributed by atoms with E-state index in [1.54, 1.807) is 20.5 Å². The molecule has 1 aromatic heterocycles. The molecule has 5 rings (SSSR count). The van der Waals surface area contributed by atoms with Crippen LogP contribution in [0, 0.1) is 0 Å². The predicted molar refractivity (Wildman–Crippen MR) is 143 cm³/mol. The molecule has 4 aromatic rings. The zero-order valence-corrected chi connectivity index (χ0v) is 20.9. The van der Waals surface area contributed by atoms with Crippen LogP contribution in [0.1, 0.15) is 6.42 Å². The van der Waals surface area contributed by atoms with E-state index in [-0.39, 0.29) is 6.03 Å². The average molecular weight is 500 g/mol. The third-order valence-electron chi connectivity index (χ3n) is 6.29. The molecule has 0 bridgehead atoms. The van der Waals surface area contributed by atoms with Gasteiger partial charge in [0, 0.05) is 43.3 Å². The van der Waals surface area contributed by atoms with Gasteiger partial charge in [0.05, 0.1) is 19.7 Å². The Balaban J connectivity index is 1.24. The fourth-order valence-corrected chi connectivity index (χ4v) is 4.39. The number of carbonyl (C=O) groups is 1. The summed E-state index contributed by atoms with van der Waals surface area (Å²) in [5.74, 6) is 3.55. The molecule has 37 heavy (non-hydrogen) atoms. The Morgan fingerprint density at radius 3 is 2.32 bits per heavy atom. The lowest BCUT2D eigenvalue weighted by Crippen LogP contribution is -2.38. The minimum absolute atomic E-state index is 0.127. The van der Waals surface area contributed by atoms with Gasteiger partial charge in [0.1, 0.15) is 23.6 Å². The van der Waals surface area contributed by atoms with Gasteiger partial charge >= 0.3 is 6.03 Å². The molecule has 1 aliphatic rings. The Morgan fingerprint density at radius 2 is 1.57 bits per heavy atom. The number of methoxy groups -OCH3 is 2. The van der Waals surface area contributed by atoms with Gasteiger partial charge in [0.2, 0.25) is 0 Å². The van der Waals surface area contributed by atoms with E-state index in [9.17, 15) is 4.79 Å². The van der Waals surface area contributed by atoms with Crippen LogP contribution in [0.4, 0.5) is 16.3 Å². The van der Waals surface area contributed by atoms with Crippen LogP contribution in [0.25, 0.3) is 10.9 Å². The summed E-state index contributed by atoms with van der Waals surface area (Å²) in [6.07, 6.45) is 2.38. The standard InChI is InChI=1S/C28H29N5O4/c1-35-25-17-23-24(18-26(25)36-2)29-19-30-27(23)32-13-6-14-33(16-15-32)28(34)31-20-9-11-22(12-10-20)37-21-7-4-3-5-8-21/h3-5,7-12,17-19H,6,13-16H2,1-2H3,(H,31,34). The van der Waals surface area contributed by atoms with Gasteiger partial charge in [-0.1, -0.05) is 18.2 Å². The summed E-state index contributed by atoms with van der Waals surface area (Å²) in [5.41, 5.74) is 1.50. The van der Waals surface area contributed by atoms with Crippen molar-refractivity contribution in [1.29, 1.82) is 0 Å². The van der Waals surface area contributed by atoms with Gasteiger partial charge in [-0.15, -0.1) is 0 Å². The summed E-state index contributed by atoms with van der Waals surface area (Å²) in [4.78, 5) is 26.0. The lowest BCUT2D eigenvalue weighted by atomic mass is 10.2. The topological polar surface area (TPSA) is 89.1 Å². The van der Waals surface area contributed by atoms with E-state index in [1.165, 1.54) is 0 Å². The molecular weight excluding hydrogens is 470 g/mol. The second-order valence-electron chi connectivity index (χ2n) is 8.62. The third kappa shape index (κ3) is 5.50. The van der Waals surface area contributed by atoms with E-state index in [0.29, 0.717) is 42.6 Å². The van der Waals surface area contributed by atoms with Crippen LogP contribution < -0.4 is 24.4 Å². The molecule has 2 heterocycles. The predicted octanol–water partition coefficient (Wildman–Crippen LogP) is 5.18. The van der Waals surface area contributed by atoms with Crippen LogP contribution in [0.2, 0.25) is 0 Å². The summed E-state index contributed by atoms with van der Waals surface area (Å²) in [6.45, 7) is 2.64. The molecule has 1 aliphatic heterocycles. The molecule has 0 spiro atoms. The number of rotatable bonds is 6. The Kier molecular flexibility index (Phi) is 7.21. The van der Waals surface area contributed by atoms with Crippen molar-refractivity contribution in [3.8, 4) is 23.0 Å². The van der Waals surface area contributed by atoms with Crippen molar-refractivity contribution in [3.63, 3.8) is 0 Å². The van der Waals surface area contributed by atoms with E-state index in [4.69, 9.17) is 14.2 Å². The van der Waals surface area contributed by atoms with Gasteiger partial charge in [0.15, 0.2) is 11.5 Å². The molecule has 0 saturated carbocycles. The number of nitrogens with one attached hydrogen (secondary N) is 1. The first-order chi connectivity index (χ1) is 18.1. The molecule has 1 saturated heterocycles. The molecule has 9 heteroatoms. The maximum Gasteiger partial charge on any atom is 0.321 e. The minimum atomic E-state index is -0.127. The van der Waals surface area contributed by atoms with Crippen LogP contribution >= 0.6 is 0 Å². The van der Waals surface area contributed by atoms with E-state index >= 15 is 0 Å². The van der Waals surface area contributed by atoms with Crippen LogP contribution in [0.3, 0.4) is 0 Å². The number of hydrogen-bond acceptors (Lipinski definition) is 7. The average Bonchev–Trinajstić information content (AvgIpc) is 3.20. The first-order valence-electron chi connectivity index (χ1n) is 12.1. The summed E-state index contributed by atoms with van der Waals surface area (Å²) in [5, 5.41) is 3.88. The van der Waals surface area contributed by atoms with Gasteiger partial charge < -0.3 is 29.3 Å². The summed E-state index contributed by atoms with van der Waals surface area (Å²) in [7, 11) is 3.21. The summed E-state index contributed by atoms with van der Waals surface area (Å²) < 4.78 is 16.7. The molecule has 3 aromatic carbocycles. The molecule has 0 aliphatic carbocycles. The van der Waals surface area contributed by atoms with Gasteiger partial charge in [-0.25, -0.2) is 14.8 Å². The Morgan fingerprint density at radius 1 is 0.838 bits per heavy atom. The normalized spacial score (nSPS) is 13.7. The highest BCUT2D eigenvalue weighted by Gasteiger charge is 2.22. The van der Waals surface area contributed by atoms with Crippen LogP contribution in [0.5, 0.6) is 23.0 Å². The molecular formula is C28H29N5O4. The molecule has 190 valence electrons. The molecule has 2 amide bonds. The van der Waals surface area contributed by atoms with Gasteiger partial charge in [0.25, 0.3) is 0 Å². The first kappa shape index (κ1) is 24.2. The van der Waals surface area contributed by atoms with Crippen LogP contribution in [0.15, 0.2) is 73.1 Å². The number of anilines is 2. The fourth-order valence-electron chi connectivity index (χ4n) is 4.39. The van der Waals surface area contributed by atoms with Crippen LogP contribution in [-0.4, -0.2) is 61.3 Å². The third-order valence-corrected chi connectivity index (χ3v) is 6.29. The number of urea groups is 1. The van der Waals surface area contributed by atoms with Crippen LogP contribution in [-0.2, 0) is 0 Å². The number of ether oxygens (including phenoxy) is 3. The molecule has 9 nitrogen and oxygen atoms in total. The molecule has 0 unspecified atom stereocenters. The molecule has 0 atom stereocenters. The van der Waals surface area contributed by atoms with E-state index < -0.39 is 0 Å². The zero-order valence-electron chi connectivity index (χ0n) is 20.9. The van der Waals surface area contributed by atoms with E-state index in [1.807, 2.05) is 71.6 Å². The number of fused-ring (bicyclic) bond motifs is 1. The lowest BCUT2D eigenvalue weighted by molar-refractivity contribution is 0.215. The minimum Gasteiger partial charge on any atom is -0.493 e. The Labute approximate surface area is 215 Å². The van der Waals surface area contributed by atoms with Gasteiger partial charge in [-0.2, -0.15) is 0 Å². The SMILES string of the molecule is COc1cc2ncnc(N3CCCN(C(=O)Nc4ccc(Oc5ccccc5)cc4)CC3)c2cc1OC. The lowest BCUT2D eigenvalue weighted by Gasteiger charge is -2.24. The van der Waals surface area contributed by atoms with Gasteiger partial charge in [-0.05, 0) is 48.9 Å². The zero-order chi connectivity index (χ0) is 25.6. The van der Waals surface area contributed by atoms with E-state index in [2.05, 4.69) is 20.2 Å². The molecule has 0 radical (unpaired) electrons. The highest BCUT2D eigenvalue weighted by atomic mass is 16.5. The fraction of sp³-hybridized carbons (Fsp3) is 0.250. The number of aromatic nitrogens is 2. The number of hydrogen-bond donors (Lipinski definition) is 1. The van der Waals surface area contributed by atoms with Crippen molar-refractivity contribution in [2.24, 2.45) is 0 Å². The quantitative estimate of drug-likeness (QED) is 0.391. The van der Waals surface area contributed by atoms with E-state index in [0.717, 1.165) is 35.4 Å². The van der Waals surface area contributed by atoms with Crippen molar-refractivity contribution >= 4 is 28.4 Å². The maximum atomic E-state index is 13.0. The highest BCUT2D eigenvalue weighted by molar-refractivity contribution is 5.92. The largest absolute Gasteiger partial charge is 0.493 e. The second-order valence-corrected chi connectivity index (χ2v) is 8.62. The molecule has 1 N–H and O–H groups in total. The van der Waals surface area contributed by atoms with Crippen molar-refractivity contribution in [3.05, 3.63) is 73.1 Å². The summed E-state index contributed by atoms with van der Waals surface area (Å²) in [6, 6.07) is 20.6. The number of para-hydroxylation sites is 1.